The van der Waals surface area contributed by atoms with Gasteiger partial charge in [-0.1, -0.05) is 60.7 Å². The van der Waals surface area contributed by atoms with Crippen LogP contribution in [0.4, 0.5) is 0 Å². The van der Waals surface area contributed by atoms with E-state index in [-0.39, 0.29) is 17.9 Å². The van der Waals surface area contributed by atoms with Gasteiger partial charge in [0.2, 0.25) is 0 Å². The molecule has 1 atom stereocenters. The molecule has 0 fully saturated rings. The fraction of sp³-hybridized carbons (Fsp3) is 0.300. The molecule has 3 heteroatoms. The standard InChI is InChI=1S/C20H22O3/c1-16(21)23-20(18-10-6-3-7-11-18)15-14-19(22)13-12-17-8-4-2-5-9-17/h2-11,20H,12-15H2,1H3/t20-/m0/s1. The molecule has 0 N–H and O–H groups in total. The first kappa shape index (κ1) is 16.9. The molecule has 0 aliphatic carbocycles. The van der Waals surface area contributed by atoms with Gasteiger partial charge >= 0.3 is 5.97 Å². The van der Waals surface area contributed by atoms with Gasteiger partial charge in [-0.05, 0) is 24.0 Å². The minimum absolute atomic E-state index is 0.196. The molecule has 23 heavy (non-hydrogen) atoms. The number of hydrogen-bond donors (Lipinski definition) is 0. The van der Waals surface area contributed by atoms with Gasteiger partial charge < -0.3 is 4.74 Å². The number of aryl methyl sites for hydroxylation is 1. The summed E-state index contributed by atoms with van der Waals surface area (Å²) in [6.07, 6.45) is 1.86. The predicted octanol–water partition coefficient (Wildman–Crippen LogP) is 4.27. The van der Waals surface area contributed by atoms with E-state index in [1.54, 1.807) is 0 Å². The summed E-state index contributed by atoms with van der Waals surface area (Å²) in [4.78, 5) is 23.4. The average Bonchev–Trinajstić information content (AvgIpc) is 2.58. The summed E-state index contributed by atoms with van der Waals surface area (Å²) >= 11 is 0. The monoisotopic (exact) mass is 310 g/mol. The molecule has 0 radical (unpaired) electrons. The molecule has 2 aromatic carbocycles. The number of hydrogen-bond acceptors (Lipinski definition) is 3. The Kier molecular flexibility index (Phi) is 6.55. The zero-order valence-corrected chi connectivity index (χ0v) is 13.4. The van der Waals surface area contributed by atoms with E-state index in [4.69, 9.17) is 4.74 Å². The van der Waals surface area contributed by atoms with E-state index in [2.05, 4.69) is 0 Å². The third kappa shape index (κ3) is 6.07. The molecule has 0 aliphatic rings. The molecule has 0 aromatic heterocycles. The molecule has 2 rings (SSSR count). The van der Waals surface area contributed by atoms with Crippen LogP contribution in [-0.2, 0) is 20.7 Å². The fourth-order valence-electron chi connectivity index (χ4n) is 2.51. The van der Waals surface area contributed by atoms with Gasteiger partial charge in [-0.2, -0.15) is 0 Å². The molecule has 0 saturated carbocycles. The Morgan fingerprint density at radius 3 is 2.13 bits per heavy atom. The molecule has 3 nitrogen and oxygen atoms in total. The van der Waals surface area contributed by atoms with Crippen LogP contribution in [0.5, 0.6) is 0 Å². The minimum atomic E-state index is -0.352. The third-order valence-electron chi connectivity index (χ3n) is 3.70. The first-order valence-electron chi connectivity index (χ1n) is 7.93. The predicted molar refractivity (Wildman–Crippen MR) is 90.0 cm³/mol. The van der Waals surface area contributed by atoms with Gasteiger partial charge in [0.1, 0.15) is 11.9 Å². The maximum Gasteiger partial charge on any atom is 0.303 e. The van der Waals surface area contributed by atoms with Gasteiger partial charge in [0.15, 0.2) is 0 Å². The van der Waals surface area contributed by atoms with Crippen LogP contribution in [0.15, 0.2) is 60.7 Å². The maximum atomic E-state index is 12.1. The zero-order valence-electron chi connectivity index (χ0n) is 13.4. The summed E-state index contributed by atoms with van der Waals surface area (Å²) in [6, 6.07) is 19.5. The van der Waals surface area contributed by atoms with E-state index in [0.29, 0.717) is 19.3 Å². The van der Waals surface area contributed by atoms with E-state index >= 15 is 0 Å². The molecular formula is C20H22O3. The summed E-state index contributed by atoms with van der Waals surface area (Å²) in [5.74, 6) is -0.127. The van der Waals surface area contributed by atoms with Gasteiger partial charge in [-0.3, -0.25) is 9.59 Å². The molecule has 0 saturated heterocycles. The van der Waals surface area contributed by atoms with E-state index < -0.39 is 0 Å². The molecule has 0 spiro atoms. The van der Waals surface area contributed by atoms with Gasteiger partial charge in [0.05, 0.1) is 0 Å². The summed E-state index contributed by atoms with van der Waals surface area (Å²) < 4.78 is 5.36. The Labute approximate surface area is 137 Å². The number of esters is 1. The Morgan fingerprint density at radius 1 is 0.913 bits per heavy atom. The number of carbonyl (C=O) groups excluding carboxylic acids is 2. The quantitative estimate of drug-likeness (QED) is 0.684. The fourth-order valence-corrected chi connectivity index (χ4v) is 2.51. The lowest BCUT2D eigenvalue weighted by atomic mass is 10.00. The minimum Gasteiger partial charge on any atom is -0.458 e. The van der Waals surface area contributed by atoms with Crippen molar-refractivity contribution in [2.24, 2.45) is 0 Å². The van der Waals surface area contributed by atoms with Gasteiger partial charge in [-0.15, -0.1) is 0 Å². The average molecular weight is 310 g/mol. The van der Waals surface area contributed by atoms with Gasteiger partial charge in [0.25, 0.3) is 0 Å². The van der Waals surface area contributed by atoms with Crippen molar-refractivity contribution in [3.8, 4) is 0 Å². The summed E-state index contributed by atoms with van der Waals surface area (Å²) in [5.41, 5.74) is 2.10. The van der Waals surface area contributed by atoms with Crippen molar-refractivity contribution in [3.05, 3.63) is 71.8 Å². The number of rotatable bonds is 8. The first-order valence-corrected chi connectivity index (χ1v) is 7.93. The molecular weight excluding hydrogens is 288 g/mol. The Hall–Kier alpha value is -2.42. The van der Waals surface area contributed by atoms with Crippen LogP contribution in [0, 0.1) is 0 Å². The number of Topliss-reactive ketones (excluding diaryl/α,β-unsaturated/α-hetero) is 1. The maximum absolute atomic E-state index is 12.1. The highest BCUT2D eigenvalue weighted by atomic mass is 16.5. The van der Waals surface area contributed by atoms with Crippen LogP contribution in [0.1, 0.15) is 43.4 Å². The van der Waals surface area contributed by atoms with Crippen LogP contribution in [0.2, 0.25) is 0 Å². The summed E-state index contributed by atoms with van der Waals surface area (Å²) in [7, 11) is 0. The van der Waals surface area contributed by atoms with Gasteiger partial charge in [0, 0.05) is 19.8 Å². The molecule has 0 heterocycles. The lowest BCUT2D eigenvalue weighted by molar-refractivity contribution is -0.147. The highest BCUT2D eigenvalue weighted by Gasteiger charge is 2.16. The third-order valence-corrected chi connectivity index (χ3v) is 3.70. The number of ketones is 1. The lowest BCUT2D eigenvalue weighted by Gasteiger charge is -2.17. The second-order valence-electron chi connectivity index (χ2n) is 5.57. The molecule has 2 aromatic rings. The highest BCUT2D eigenvalue weighted by molar-refractivity contribution is 5.78. The highest BCUT2D eigenvalue weighted by Crippen LogP contribution is 2.23. The molecule has 120 valence electrons. The lowest BCUT2D eigenvalue weighted by Crippen LogP contribution is -2.11. The van der Waals surface area contributed by atoms with E-state index in [0.717, 1.165) is 12.0 Å². The van der Waals surface area contributed by atoms with Crippen molar-refractivity contribution in [1.29, 1.82) is 0 Å². The second kappa shape index (κ2) is 8.89. The van der Waals surface area contributed by atoms with Crippen LogP contribution >= 0.6 is 0 Å². The van der Waals surface area contributed by atoms with E-state index in [1.807, 2.05) is 60.7 Å². The number of benzene rings is 2. The Balaban J connectivity index is 1.85. The van der Waals surface area contributed by atoms with Crippen molar-refractivity contribution in [2.45, 2.75) is 38.7 Å². The van der Waals surface area contributed by atoms with E-state index in [1.165, 1.54) is 12.5 Å². The molecule has 0 aliphatic heterocycles. The smallest absolute Gasteiger partial charge is 0.303 e. The van der Waals surface area contributed by atoms with Crippen molar-refractivity contribution in [2.75, 3.05) is 0 Å². The number of carbonyl (C=O) groups is 2. The SMILES string of the molecule is CC(=O)O[C@@H](CCC(=O)CCc1ccccc1)c1ccccc1. The molecule has 0 bridgehead atoms. The van der Waals surface area contributed by atoms with Gasteiger partial charge in [-0.25, -0.2) is 0 Å². The summed E-state index contributed by atoms with van der Waals surface area (Å²) in [6.45, 7) is 1.40. The Morgan fingerprint density at radius 2 is 1.52 bits per heavy atom. The number of ether oxygens (including phenoxy) is 1. The topological polar surface area (TPSA) is 43.4 Å². The molecule has 0 unspecified atom stereocenters. The Bertz CT molecular complexity index is 620. The largest absolute Gasteiger partial charge is 0.458 e. The van der Waals surface area contributed by atoms with Crippen molar-refractivity contribution in [3.63, 3.8) is 0 Å². The van der Waals surface area contributed by atoms with Crippen molar-refractivity contribution >= 4 is 11.8 Å². The first-order chi connectivity index (χ1) is 11.1. The van der Waals surface area contributed by atoms with Crippen LogP contribution in [-0.4, -0.2) is 11.8 Å². The van der Waals surface area contributed by atoms with Crippen molar-refractivity contribution in [1.82, 2.24) is 0 Å². The van der Waals surface area contributed by atoms with E-state index in [9.17, 15) is 9.59 Å². The van der Waals surface area contributed by atoms with Crippen molar-refractivity contribution < 1.29 is 14.3 Å². The summed E-state index contributed by atoms with van der Waals surface area (Å²) in [5, 5.41) is 0. The molecule has 0 amide bonds. The normalized spacial score (nSPS) is 11.7. The van der Waals surface area contributed by atoms with Crippen LogP contribution < -0.4 is 0 Å². The zero-order chi connectivity index (χ0) is 16.5. The second-order valence-corrected chi connectivity index (χ2v) is 5.57. The van der Waals surface area contributed by atoms with Crippen LogP contribution in [0.3, 0.4) is 0 Å². The van der Waals surface area contributed by atoms with Crippen LogP contribution in [0.25, 0.3) is 0 Å².